The summed E-state index contributed by atoms with van der Waals surface area (Å²) in [4.78, 5) is 6.38. The third kappa shape index (κ3) is 1.87. The van der Waals surface area contributed by atoms with Gasteiger partial charge in [-0.05, 0) is 11.4 Å². The van der Waals surface area contributed by atoms with E-state index < -0.39 is 0 Å². The van der Waals surface area contributed by atoms with E-state index in [1.54, 1.807) is 11.3 Å². The van der Waals surface area contributed by atoms with Crippen LogP contribution in [0, 0.1) is 0 Å². The molecule has 84 valence electrons. The number of thiophene rings is 1. The third-order valence-electron chi connectivity index (χ3n) is 2.54. The van der Waals surface area contributed by atoms with Crippen LogP contribution in [0.25, 0.3) is 11.5 Å². The van der Waals surface area contributed by atoms with Crippen molar-refractivity contribution < 1.29 is 9.63 Å². The van der Waals surface area contributed by atoms with Crippen molar-refractivity contribution in [2.45, 2.75) is 12.6 Å². The normalized spacial score (nSPS) is 17.6. The van der Waals surface area contributed by atoms with Gasteiger partial charge in [0, 0.05) is 18.5 Å². The largest absolute Gasteiger partial charge is 0.390 e. The average molecular weight is 237 g/mol. The van der Waals surface area contributed by atoms with Gasteiger partial charge < -0.3 is 9.63 Å². The van der Waals surface area contributed by atoms with E-state index >= 15 is 0 Å². The van der Waals surface area contributed by atoms with Crippen LogP contribution in [0.3, 0.4) is 0 Å². The maximum absolute atomic E-state index is 9.15. The van der Waals surface area contributed by atoms with E-state index in [0.29, 0.717) is 31.3 Å². The lowest BCUT2D eigenvalue weighted by Crippen LogP contribution is -2.49. The molecule has 1 fully saturated rings. The summed E-state index contributed by atoms with van der Waals surface area (Å²) in [5.41, 5.74) is 0.965. The number of nitrogens with zero attached hydrogens (tertiary/aromatic N) is 3. The van der Waals surface area contributed by atoms with E-state index in [0.717, 1.165) is 5.56 Å². The molecule has 1 aliphatic heterocycles. The van der Waals surface area contributed by atoms with E-state index in [9.17, 15) is 0 Å². The Morgan fingerprint density at radius 3 is 3.12 bits per heavy atom. The summed E-state index contributed by atoms with van der Waals surface area (Å²) in [7, 11) is 0. The summed E-state index contributed by atoms with van der Waals surface area (Å²) < 4.78 is 5.16. The number of aliphatic hydroxyl groups excluding tert-OH is 1. The number of likely N-dealkylation sites (tertiary alicyclic amines) is 1. The average Bonchev–Trinajstić information content (AvgIpc) is 2.84. The zero-order valence-electron chi connectivity index (χ0n) is 8.54. The van der Waals surface area contributed by atoms with Crippen LogP contribution in [-0.4, -0.2) is 39.3 Å². The van der Waals surface area contributed by atoms with E-state index in [1.807, 2.05) is 16.8 Å². The first-order chi connectivity index (χ1) is 7.81. The summed E-state index contributed by atoms with van der Waals surface area (Å²) in [5.74, 6) is 1.24. The molecule has 1 saturated heterocycles. The molecule has 1 aliphatic rings. The minimum Gasteiger partial charge on any atom is -0.390 e. The topological polar surface area (TPSA) is 62.4 Å². The zero-order valence-corrected chi connectivity index (χ0v) is 9.35. The molecule has 0 amide bonds. The molecular formula is C10H11N3O2S. The molecule has 0 spiro atoms. The van der Waals surface area contributed by atoms with Gasteiger partial charge in [-0.2, -0.15) is 16.3 Å². The molecule has 3 heterocycles. The molecule has 0 atom stereocenters. The molecule has 0 radical (unpaired) electrons. The first-order valence-corrected chi connectivity index (χ1v) is 6.01. The Morgan fingerprint density at radius 1 is 1.56 bits per heavy atom. The summed E-state index contributed by atoms with van der Waals surface area (Å²) in [6.07, 6.45) is -0.191. The fraction of sp³-hybridized carbons (Fsp3) is 0.400. The molecule has 2 aromatic rings. The fourth-order valence-corrected chi connectivity index (χ4v) is 2.32. The molecule has 0 aromatic carbocycles. The highest BCUT2D eigenvalue weighted by Gasteiger charge is 2.25. The van der Waals surface area contributed by atoms with Crippen LogP contribution in [-0.2, 0) is 6.54 Å². The van der Waals surface area contributed by atoms with Crippen LogP contribution >= 0.6 is 11.3 Å². The zero-order chi connectivity index (χ0) is 11.0. The standard InChI is InChI=1S/C10H11N3O2S/c14-8-3-13(4-8)5-9-11-10(15-12-9)7-1-2-16-6-7/h1-2,6,8,14H,3-5H2. The van der Waals surface area contributed by atoms with Crippen molar-refractivity contribution in [1.82, 2.24) is 15.0 Å². The Labute approximate surface area is 96.3 Å². The lowest BCUT2D eigenvalue weighted by Gasteiger charge is -2.34. The Balaban J connectivity index is 1.69. The van der Waals surface area contributed by atoms with Gasteiger partial charge >= 0.3 is 0 Å². The molecule has 16 heavy (non-hydrogen) atoms. The van der Waals surface area contributed by atoms with Gasteiger partial charge in [0.2, 0.25) is 0 Å². The Kier molecular flexibility index (Phi) is 2.47. The van der Waals surface area contributed by atoms with Crippen LogP contribution in [0.2, 0.25) is 0 Å². The lowest BCUT2D eigenvalue weighted by atomic mass is 10.2. The minimum atomic E-state index is -0.191. The minimum absolute atomic E-state index is 0.191. The molecule has 0 aliphatic carbocycles. The van der Waals surface area contributed by atoms with Crippen molar-refractivity contribution in [3.63, 3.8) is 0 Å². The van der Waals surface area contributed by atoms with Gasteiger partial charge in [-0.15, -0.1) is 0 Å². The molecule has 2 aromatic heterocycles. The second kappa shape index (κ2) is 3.97. The van der Waals surface area contributed by atoms with Crippen LogP contribution in [0.15, 0.2) is 21.3 Å². The fourth-order valence-electron chi connectivity index (χ4n) is 1.69. The Bertz CT molecular complexity index is 462. The maximum atomic E-state index is 9.15. The number of β-amino-alcohol motifs (C(OH)–C–C–N with tert-alkyl or cyclic N) is 1. The predicted octanol–water partition coefficient (Wildman–Crippen LogP) is 0.975. The molecule has 6 heteroatoms. The van der Waals surface area contributed by atoms with Crippen molar-refractivity contribution in [3.8, 4) is 11.5 Å². The Hall–Kier alpha value is -1.24. The van der Waals surface area contributed by atoms with Crippen LogP contribution in [0.5, 0.6) is 0 Å². The van der Waals surface area contributed by atoms with Gasteiger partial charge in [0.1, 0.15) is 0 Å². The van der Waals surface area contributed by atoms with Gasteiger partial charge in [0.25, 0.3) is 5.89 Å². The highest BCUT2D eigenvalue weighted by molar-refractivity contribution is 7.08. The van der Waals surface area contributed by atoms with Gasteiger partial charge in [-0.3, -0.25) is 4.90 Å². The van der Waals surface area contributed by atoms with Crippen molar-refractivity contribution in [2.24, 2.45) is 0 Å². The predicted molar refractivity (Wildman–Crippen MR) is 58.9 cm³/mol. The van der Waals surface area contributed by atoms with Gasteiger partial charge in [0.15, 0.2) is 5.82 Å². The van der Waals surface area contributed by atoms with Crippen LogP contribution in [0.4, 0.5) is 0 Å². The first-order valence-electron chi connectivity index (χ1n) is 5.07. The molecular weight excluding hydrogens is 226 g/mol. The number of hydrogen-bond donors (Lipinski definition) is 1. The number of rotatable bonds is 3. The van der Waals surface area contributed by atoms with Gasteiger partial charge in [-0.25, -0.2) is 0 Å². The molecule has 0 bridgehead atoms. The first kappa shape index (κ1) is 9.95. The van der Waals surface area contributed by atoms with Gasteiger partial charge in [0.05, 0.1) is 18.2 Å². The molecule has 5 nitrogen and oxygen atoms in total. The molecule has 1 N–H and O–H groups in total. The number of aromatic nitrogens is 2. The smallest absolute Gasteiger partial charge is 0.258 e. The van der Waals surface area contributed by atoms with Gasteiger partial charge in [-0.1, -0.05) is 5.16 Å². The summed E-state index contributed by atoms with van der Waals surface area (Å²) in [5, 5.41) is 17.0. The second-order valence-electron chi connectivity index (χ2n) is 3.88. The monoisotopic (exact) mass is 237 g/mol. The highest BCUT2D eigenvalue weighted by atomic mass is 32.1. The lowest BCUT2D eigenvalue weighted by molar-refractivity contribution is -0.00461. The van der Waals surface area contributed by atoms with E-state index in [2.05, 4.69) is 15.0 Å². The highest BCUT2D eigenvalue weighted by Crippen LogP contribution is 2.20. The van der Waals surface area contributed by atoms with E-state index in [-0.39, 0.29) is 6.10 Å². The van der Waals surface area contributed by atoms with Crippen molar-refractivity contribution in [1.29, 1.82) is 0 Å². The summed E-state index contributed by atoms with van der Waals surface area (Å²) >= 11 is 1.60. The van der Waals surface area contributed by atoms with Crippen LogP contribution in [0.1, 0.15) is 5.82 Å². The molecule has 0 saturated carbocycles. The van der Waals surface area contributed by atoms with Crippen molar-refractivity contribution in [3.05, 3.63) is 22.7 Å². The molecule has 0 unspecified atom stereocenters. The number of hydrogen-bond acceptors (Lipinski definition) is 6. The third-order valence-corrected chi connectivity index (χ3v) is 3.22. The maximum Gasteiger partial charge on any atom is 0.258 e. The second-order valence-corrected chi connectivity index (χ2v) is 4.66. The summed E-state index contributed by atoms with van der Waals surface area (Å²) in [6.45, 7) is 2.04. The van der Waals surface area contributed by atoms with Crippen LogP contribution < -0.4 is 0 Å². The van der Waals surface area contributed by atoms with Crippen molar-refractivity contribution >= 4 is 11.3 Å². The van der Waals surface area contributed by atoms with Crippen molar-refractivity contribution in [2.75, 3.05) is 13.1 Å². The number of aliphatic hydroxyl groups is 1. The Morgan fingerprint density at radius 2 is 2.44 bits per heavy atom. The van der Waals surface area contributed by atoms with E-state index in [1.165, 1.54) is 0 Å². The molecule has 3 rings (SSSR count). The SMILES string of the molecule is OC1CN(Cc2noc(-c3ccsc3)n2)C1. The quantitative estimate of drug-likeness (QED) is 0.862. The summed E-state index contributed by atoms with van der Waals surface area (Å²) in [6, 6.07) is 1.95. The van der Waals surface area contributed by atoms with E-state index in [4.69, 9.17) is 9.63 Å².